The van der Waals surface area contributed by atoms with Crippen molar-refractivity contribution in [3.8, 4) is 11.3 Å². The van der Waals surface area contributed by atoms with Crippen LogP contribution < -0.4 is 5.32 Å². The number of para-hydroxylation sites is 1. The maximum absolute atomic E-state index is 5.92. The van der Waals surface area contributed by atoms with Gasteiger partial charge in [0.15, 0.2) is 0 Å². The van der Waals surface area contributed by atoms with Crippen LogP contribution in [0.4, 0.5) is 0 Å². The van der Waals surface area contributed by atoms with Crippen molar-refractivity contribution in [1.82, 2.24) is 10.3 Å². The van der Waals surface area contributed by atoms with Gasteiger partial charge >= 0.3 is 0 Å². The summed E-state index contributed by atoms with van der Waals surface area (Å²) in [5.74, 6) is 1.84. The number of benzene rings is 1. The Balaban J connectivity index is 1.91. The molecule has 0 aliphatic rings. The molecule has 2 heterocycles. The average molecular weight is 266 g/mol. The Morgan fingerprint density at radius 3 is 2.90 bits per heavy atom. The third-order valence-electron chi connectivity index (χ3n) is 3.29. The number of hydrogen-bond acceptors (Lipinski definition) is 3. The van der Waals surface area contributed by atoms with Crippen molar-refractivity contribution in [2.24, 2.45) is 0 Å². The molecule has 0 saturated carbocycles. The third-order valence-corrected chi connectivity index (χ3v) is 3.29. The van der Waals surface area contributed by atoms with Gasteiger partial charge in [-0.2, -0.15) is 0 Å². The SMILES string of the molecule is CCCNCc1ccc(-c2cccc3cccnc23)o1. The molecular weight excluding hydrogens is 248 g/mol. The lowest BCUT2D eigenvalue weighted by Gasteiger charge is -2.03. The second-order valence-electron chi connectivity index (χ2n) is 4.82. The molecule has 20 heavy (non-hydrogen) atoms. The Labute approximate surface area is 118 Å². The Hall–Kier alpha value is -2.13. The molecule has 0 unspecified atom stereocenters. The minimum atomic E-state index is 0.770. The number of nitrogens with one attached hydrogen (secondary N) is 1. The van der Waals surface area contributed by atoms with Crippen molar-refractivity contribution >= 4 is 10.9 Å². The fourth-order valence-corrected chi connectivity index (χ4v) is 2.31. The van der Waals surface area contributed by atoms with E-state index >= 15 is 0 Å². The molecule has 0 atom stereocenters. The standard InChI is InChI=1S/C17H18N2O/c1-2-10-18-12-14-8-9-16(20-14)15-7-3-5-13-6-4-11-19-17(13)15/h3-9,11,18H,2,10,12H2,1H3. The van der Waals surface area contributed by atoms with Gasteiger partial charge in [0.2, 0.25) is 0 Å². The Kier molecular flexibility index (Phi) is 3.79. The molecule has 0 bridgehead atoms. The molecule has 3 aromatic rings. The van der Waals surface area contributed by atoms with E-state index in [2.05, 4.69) is 35.4 Å². The van der Waals surface area contributed by atoms with E-state index in [9.17, 15) is 0 Å². The van der Waals surface area contributed by atoms with E-state index in [1.807, 2.05) is 30.5 Å². The first-order valence-corrected chi connectivity index (χ1v) is 7.02. The monoisotopic (exact) mass is 266 g/mol. The average Bonchev–Trinajstić information content (AvgIpc) is 2.96. The molecule has 3 rings (SSSR count). The molecule has 0 saturated heterocycles. The van der Waals surface area contributed by atoms with E-state index in [4.69, 9.17) is 4.42 Å². The van der Waals surface area contributed by atoms with Gasteiger partial charge in [0.05, 0.1) is 12.1 Å². The fraction of sp³-hybridized carbons (Fsp3) is 0.235. The first-order valence-electron chi connectivity index (χ1n) is 7.02. The summed E-state index contributed by atoms with van der Waals surface area (Å²) >= 11 is 0. The van der Waals surface area contributed by atoms with Crippen LogP contribution in [0, 0.1) is 0 Å². The molecule has 3 heteroatoms. The molecule has 1 N–H and O–H groups in total. The van der Waals surface area contributed by atoms with E-state index in [1.54, 1.807) is 0 Å². The van der Waals surface area contributed by atoms with Crippen molar-refractivity contribution in [1.29, 1.82) is 0 Å². The third kappa shape index (κ3) is 2.58. The number of fused-ring (bicyclic) bond motifs is 1. The van der Waals surface area contributed by atoms with Crippen LogP contribution >= 0.6 is 0 Å². The largest absolute Gasteiger partial charge is 0.460 e. The molecule has 0 aliphatic heterocycles. The molecule has 2 aromatic heterocycles. The number of rotatable bonds is 5. The molecule has 3 nitrogen and oxygen atoms in total. The molecule has 1 aromatic carbocycles. The molecule has 0 spiro atoms. The Morgan fingerprint density at radius 1 is 1.10 bits per heavy atom. The summed E-state index contributed by atoms with van der Waals surface area (Å²) in [6.07, 6.45) is 2.94. The van der Waals surface area contributed by atoms with Crippen LogP contribution in [0.1, 0.15) is 19.1 Å². The van der Waals surface area contributed by atoms with Crippen LogP contribution in [0.15, 0.2) is 53.1 Å². The first-order chi connectivity index (χ1) is 9.88. The Morgan fingerprint density at radius 2 is 2.00 bits per heavy atom. The highest BCUT2D eigenvalue weighted by Gasteiger charge is 2.08. The zero-order chi connectivity index (χ0) is 13.8. The fourth-order valence-electron chi connectivity index (χ4n) is 2.31. The quantitative estimate of drug-likeness (QED) is 0.709. The van der Waals surface area contributed by atoms with Crippen molar-refractivity contribution in [3.05, 3.63) is 54.4 Å². The van der Waals surface area contributed by atoms with Gasteiger partial charge in [-0.05, 0) is 37.2 Å². The maximum Gasteiger partial charge on any atom is 0.136 e. The highest BCUT2D eigenvalue weighted by atomic mass is 16.3. The van der Waals surface area contributed by atoms with Crippen LogP contribution in [-0.2, 0) is 6.54 Å². The molecular formula is C17H18N2O. The van der Waals surface area contributed by atoms with Gasteiger partial charge in [-0.3, -0.25) is 4.98 Å². The summed E-state index contributed by atoms with van der Waals surface area (Å²) in [4.78, 5) is 4.47. The van der Waals surface area contributed by atoms with Gasteiger partial charge in [0.1, 0.15) is 11.5 Å². The lowest BCUT2D eigenvalue weighted by molar-refractivity contribution is 0.494. The van der Waals surface area contributed by atoms with Crippen molar-refractivity contribution < 1.29 is 4.42 Å². The molecule has 102 valence electrons. The van der Waals surface area contributed by atoms with Crippen LogP contribution in [0.25, 0.3) is 22.2 Å². The van der Waals surface area contributed by atoms with Crippen LogP contribution in [0.5, 0.6) is 0 Å². The van der Waals surface area contributed by atoms with E-state index in [0.29, 0.717) is 0 Å². The molecule has 0 fully saturated rings. The van der Waals surface area contributed by atoms with Crippen molar-refractivity contribution in [2.45, 2.75) is 19.9 Å². The zero-order valence-electron chi connectivity index (χ0n) is 11.6. The number of furan rings is 1. The van der Waals surface area contributed by atoms with Crippen molar-refractivity contribution in [2.75, 3.05) is 6.54 Å². The topological polar surface area (TPSA) is 38.1 Å². The van der Waals surface area contributed by atoms with Gasteiger partial charge < -0.3 is 9.73 Å². The Bertz CT molecular complexity index is 698. The molecule has 0 amide bonds. The lowest BCUT2D eigenvalue weighted by atomic mass is 10.1. The second-order valence-corrected chi connectivity index (χ2v) is 4.82. The summed E-state index contributed by atoms with van der Waals surface area (Å²) < 4.78 is 5.92. The van der Waals surface area contributed by atoms with Crippen molar-refractivity contribution in [3.63, 3.8) is 0 Å². The summed E-state index contributed by atoms with van der Waals surface area (Å²) in [7, 11) is 0. The van der Waals surface area contributed by atoms with Gasteiger partial charge in [-0.1, -0.05) is 25.1 Å². The number of pyridine rings is 1. The lowest BCUT2D eigenvalue weighted by Crippen LogP contribution is -2.12. The minimum Gasteiger partial charge on any atom is -0.460 e. The maximum atomic E-state index is 5.92. The van der Waals surface area contributed by atoms with Crippen LogP contribution in [-0.4, -0.2) is 11.5 Å². The number of hydrogen-bond donors (Lipinski definition) is 1. The highest BCUT2D eigenvalue weighted by molar-refractivity contribution is 5.92. The van der Waals surface area contributed by atoms with Gasteiger partial charge in [0.25, 0.3) is 0 Å². The molecule has 0 radical (unpaired) electrons. The van der Waals surface area contributed by atoms with E-state index in [0.717, 1.165) is 47.5 Å². The summed E-state index contributed by atoms with van der Waals surface area (Å²) in [6.45, 7) is 3.93. The van der Waals surface area contributed by atoms with Gasteiger partial charge in [-0.25, -0.2) is 0 Å². The minimum absolute atomic E-state index is 0.770. The summed E-state index contributed by atoms with van der Waals surface area (Å²) in [5.41, 5.74) is 2.03. The highest BCUT2D eigenvalue weighted by Crippen LogP contribution is 2.28. The summed E-state index contributed by atoms with van der Waals surface area (Å²) in [6, 6.07) is 14.2. The predicted octanol–water partition coefficient (Wildman–Crippen LogP) is 3.99. The smallest absolute Gasteiger partial charge is 0.136 e. The number of aromatic nitrogens is 1. The number of nitrogens with zero attached hydrogens (tertiary/aromatic N) is 1. The zero-order valence-corrected chi connectivity index (χ0v) is 11.6. The normalized spacial score (nSPS) is 11.1. The van der Waals surface area contributed by atoms with Gasteiger partial charge in [0, 0.05) is 17.1 Å². The predicted molar refractivity (Wildman–Crippen MR) is 81.4 cm³/mol. The van der Waals surface area contributed by atoms with Crippen LogP contribution in [0.3, 0.4) is 0 Å². The van der Waals surface area contributed by atoms with Gasteiger partial charge in [-0.15, -0.1) is 0 Å². The second kappa shape index (κ2) is 5.88. The molecule has 0 aliphatic carbocycles. The first kappa shape index (κ1) is 12.9. The van der Waals surface area contributed by atoms with Crippen LogP contribution in [0.2, 0.25) is 0 Å². The van der Waals surface area contributed by atoms with E-state index in [-0.39, 0.29) is 0 Å². The van der Waals surface area contributed by atoms with E-state index in [1.165, 1.54) is 0 Å². The summed E-state index contributed by atoms with van der Waals surface area (Å²) in [5, 5.41) is 4.48. The van der Waals surface area contributed by atoms with E-state index < -0.39 is 0 Å².